The topological polar surface area (TPSA) is 61.6 Å². The molecular weight excluding hydrogens is 256 g/mol. The van der Waals surface area contributed by atoms with Crippen LogP contribution in [-0.2, 0) is 0 Å². The molecule has 0 bridgehead atoms. The standard InChI is InChI=1S/C14H22N4S/c1-4-8-17-14(3,11-15)7-5-10-19-13-16-9-6-12(2)18-13/h6,9,17H,4-5,7-8,10H2,1-3H3. The molecule has 0 aromatic carbocycles. The van der Waals surface area contributed by atoms with Gasteiger partial charge in [0, 0.05) is 17.6 Å². The number of nitrogens with zero attached hydrogens (tertiary/aromatic N) is 3. The Morgan fingerprint density at radius 2 is 2.32 bits per heavy atom. The SMILES string of the molecule is CCCNC(C)(C#N)CCCSc1nccc(C)n1. The summed E-state index contributed by atoms with van der Waals surface area (Å²) in [5.41, 5.74) is 0.577. The van der Waals surface area contributed by atoms with Crippen LogP contribution < -0.4 is 5.32 Å². The molecule has 0 spiro atoms. The van der Waals surface area contributed by atoms with Crippen molar-refractivity contribution in [1.82, 2.24) is 15.3 Å². The summed E-state index contributed by atoms with van der Waals surface area (Å²) in [5, 5.41) is 13.3. The van der Waals surface area contributed by atoms with Gasteiger partial charge in [-0.2, -0.15) is 5.26 Å². The number of hydrogen-bond acceptors (Lipinski definition) is 5. The fourth-order valence-corrected chi connectivity index (χ4v) is 2.48. The molecule has 0 saturated carbocycles. The summed E-state index contributed by atoms with van der Waals surface area (Å²) in [5.74, 6) is 0.939. The summed E-state index contributed by atoms with van der Waals surface area (Å²) >= 11 is 1.65. The first-order chi connectivity index (χ1) is 9.09. The van der Waals surface area contributed by atoms with E-state index in [0.717, 1.165) is 42.4 Å². The third-order valence-corrected chi connectivity index (χ3v) is 3.78. The molecular formula is C14H22N4S. The molecule has 1 atom stereocenters. The molecule has 0 saturated heterocycles. The Labute approximate surface area is 120 Å². The van der Waals surface area contributed by atoms with Gasteiger partial charge in [-0.3, -0.25) is 5.32 Å². The van der Waals surface area contributed by atoms with Gasteiger partial charge in [-0.25, -0.2) is 9.97 Å². The Balaban J connectivity index is 2.31. The van der Waals surface area contributed by atoms with Crippen LogP contribution in [0.1, 0.15) is 38.8 Å². The molecule has 1 rings (SSSR count). The fourth-order valence-electron chi connectivity index (χ4n) is 1.67. The number of rotatable bonds is 8. The minimum Gasteiger partial charge on any atom is -0.300 e. The molecule has 0 amide bonds. The Morgan fingerprint density at radius 1 is 1.53 bits per heavy atom. The van der Waals surface area contributed by atoms with Gasteiger partial charge in [0.25, 0.3) is 0 Å². The highest BCUT2D eigenvalue weighted by molar-refractivity contribution is 7.99. The van der Waals surface area contributed by atoms with E-state index in [9.17, 15) is 5.26 Å². The Morgan fingerprint density at radius 3 is 2.95 bits per heavy atom. The van der Waals surface area contributed by atoms with Crippen molar-refractivity contribution in [3.05, 3.63) is 18.0 Å². The Hall–Kier alpha value is -1.12. The smallest absolute Gasteiger partial charge is 0.187 e. The zero-order valence-corrected chi connectivity index (χ0v) is 12.8. The maximum absolute atomic E-state index is 9.22. The summed E-state index contributed by atoms with van der Waals surface area (Å²) in [6.07, 6.45) is 4.65. The summed E-state index contributed by atoms with van der Waals surface area (Å²) in [7, 11) is 0. The zero-order chi connectivity index (χ0) is 14.1. The van der Waals surface area contributed by atoms with E-state index in [1.165, 1.54) is 0 Å². The van der Waals surface area contributed by atoms with Crippen LogP contribution in [0.4, 0.5) is 0 Å². The van der Waals surface area contributed by atoms with Crippen molar-refractivity contribution in [3.63, 3.8) is 0 Å². The quantitative estimate of drug-likeness (QED) is 0.450. The van der Waals surface area contributed by atoms with Crippen molar-refractivity contribution in [1.29, 1.82) is 5.26 Å². The van der Waals surface area contributed by atoms with Gasteiger partial charge in [-0.1, -0.05) is 18.7 Å². The summed E-state index contributed by atoms with van der Waals surface area (Å²) in [4.78, 5) is 8.56. The molecule has 1 unspecified atom stereocenters. The number of nitriles is 1. The average Bonchev–Trinajstić information content (AvgIpc) is 2.42. The second-order valence-corrected chi connectivity index (χ2v) is 5.87. The van der Waals surface area contributed by atoms with E-state index in [2.05, 4.69) is 28.3 Å². The Bertz CT molecular complexity index is 430. The lowest BCUT2D eigenvalue weighted by molar-refractivity contribution is 0.415. The van der Waals surface area contributed by atoms with Crippen molar-refractivity contribution in [2.45, 2.75) is 50.7 Å². The third-order valence-electron chi connectivity index (χ3n) is 2.84. The maximum atomic E-state index is 9.22. The van der Waals surface area contributed by atoms with E-state index >= 15 is 0 Å². The van der Waals surface area contributed by atoms with Crippen LogP contribution in [0.15, 0.2) is 17.4 Å². The minimum atomic E-state index is -0.413. The molecule has 4 nitrogen and oxygen atoms in total. The number of aryl methyl sites for hydroxylation is 1. The molecule has 19 heavy (non-hydrogen) atoms. The van der Waals surface area contributed by atoms with Gasteiger partial charge in [0.05, 0.1) is 6.07 Å². The molecule has 0 radical (unpaired) electrons. The fraction of sp³-hybridized carbons (Fsp3) is 0.643. The predicted molar refractivity (Wildman–Crippen MR) is 79.0 cm³/mol. The lowest BCUT2D eigenvalue weighted by atomic mass is 9.98. The van der Waals surface area contributed by atoms with Crippen LogP contribution in [0, 0.1) is 18.3 Å². The maximum Gasteiger partial charge on any atom is 0.187 e. The highest BCUT2D eigenvalue weighted by Gasteiger charge is 2.21. The molecule has 0 aliphatic heterocycles. The molecule has 5 heteroatoms. The van der Waals surface area contributed by atoms with Crippen LogP contribution in [0.5, 0.6) is 0 Å². The summed E-state index contributed by atoms with van der Waals surface area (Å²) in [6.45, 7) is 6.93. The highest BCUT2D eigenvalue weighted by atomic mass is 32.2. The van der Waals surface area contributed by atoms with Gasteiger partial charge in [0.2, 0.25) is 0 Å². The van der Waals surface area contributed by atoms with E-state index in [1.54, 1.807) is 18.0 Å². The molecule has 0 aliphatic rings. The van der Waals surface area contributed by atoms with Crippen LogP contribution >= 0.6 is 11.8 Å². The highest BCUT2D eigenvalue weighted by Crippen LogP contribution is 2.18. The second kappa shape index (κ2) is 8.13. The minimum absolute atomic E-state index is 0.413. The van der Waals surface area contributed by atoms with Gasteiger partial charge < -0.3 is 0 Å². The molecule has 104 valence electrons. The van der Waals surface area contributed by atoms with Crippen LogP contribution in [-0.4, -0.2) is 27.8 Å². The molecule has 0 aliphatic carbocycles. The molecule has 1 aromatic rings. The Kier molecular flexibility index (Phi) is 6.82. The lowest BCUT2D eigenvalue weighted by Gasteiger charge is -2.22. The predicted octanol–water partition coefficient (Wildman–Crippen LogP) is 2.94. The second-order valence-electron chi connectivity index (χ2n) is 4.80. The lowest BCUT2D eigenvalue weighted by Crippen LogP contribution is -2.41. The monoisotopic (exact) mass is 278 g/mol. The van der Waals surface area contributed by atoms with E-state index in [0.29, 0.717) is 0 Å². The summed E-state index contributed by atoms with van der Waals surface area (Å²) < 4.78 is 0. The van der Waals surface area contributed by atoms with Crippen LogP contribution in [0.2, 0.25) is 0 Å². The third kappa shape index (κ3) is 6.04. The first-order valence-electron chi connectivity index (χ1n) is 6.68. The average molecular weight is 278 g/mol. The van der Waals surface area contributed by atoms with Crippen molar-refractivity contribution >= 4 is 11.8 Å². The van der Waals surface area contributed by atoms with E-state index < -0.39 is 5.54 Å². The van der Waals surface area contributed by atoms with Gasteiger partial charge in [-0.15, -0.1) is 0 Å². The van der Waals surface area contributed by atoms with Crippen molar-refractivity contribution in [3.8, 4) is 6.07 Å². The largest absolute Gasteiger partial charge is 0.300 e. The van der Waals surface area contributed by atoms with E-state index in [1.807, 2.05) is 19.9 Å². The number of nitrogens with one attached hydrogen (secondary N) is 1. The first kappa shape index (κ1) is 15.9. The number of aromatic nitrogens is 2. The molecule has 1 aromatic heterocycles. The van der Waals surface area contributed by atoms with Crippen LogP contribution in [0.3, 0.4) is 0 Å². The van der Waals surface area contributed by atoms with E-state index in [-0.39, 0.29) is 0 Å². The normalized spacial score (nSPS) is 13.8. The molecule has 1 heterocycles. The van der Waals surface area contributed by atoms with Crippen LogP contribution in [0.25, 0.3) is 0 Å². The first-order valence-corrected chi connectivity index (χ1v) is 7.67. The van der Waals surface area contributed by atoms with Gasteiger partial charge in [0.15, 0.2) is 5.16 Å². The zero-order valence-electron chi connectivity index (χ0n) is 11.9. The van der Waals surface area contributed by atoms with Crippen molar-refractivity contribution in [2.75, 3.05) is 12.3 Å². The van der Waals surface area contributed by atoms with Crippen molar-refractivity contribution < 1.29 is 0 Å². The molecule has 0 fully saturated rings. The van der Waals surface area contributed by atoms with Gasteiger partial charge in [-0.05, 0) is 45.7 Å². The van der Waals surface area contributed by atoms with E-state index in [4.69, 9.17) is 0 Å². The number of hydrogen-bond donors (Lipinski definition) is 1. The summed E-state index contributed by atoms with van der Waals surface area (Å²) in [6, 6.07) is 4.26. The van der Waals surface area contributed by atoms with Gasteiger partial charge in [0.1, 0.15) is 5.54 Å². The van der Waals surface area contributed by atoms with Crippen molar-refractivity contribution in [2.24, 2.45) is 0 Å². The number of thioether (sulfide) groups is 1. The molecule has 1 N–H and O–H groups in total. The van der Waals surface area contributed by atoms with Gasteiger partial charge >= 0.3 is 0 Å².